The number of furan rings is 6. The minimum absolute atomic E-state index is 0.816. The Morgan fingerprint density at radius 2 is 0.613 bits per heavy atom. The molecule has 9 aromatic carbocycles. The topological polar surface area (TPSA) is 169 Å². The summed E-state index contributed by atoms with van der Waals surface area (Å²) in [6, 6.07) is 55.2. The Morgan fingerprint density at radius 3 is 1.17 bits per heavy atom. The standard InChI is InChI=1S/3C26H13N3O2/c1-3-7-18-15(5-1)20-23-21(17-13-27-10-9-14(17)26-28-11-12-29(23)26)25-22(24(20)30-18)16-6-2-4-8-19(16)31-25;1-3-7-18-15(5-1)20-21-16-6-2-4-8-19(16)31-25(21)23-22(24(20)30-18)17-13-27-10-9-14(17)26-28-11-12-29(23)26;1-2-4-20-17(3-1)23-21(30-20)8-6-15-14-5-7-19-22(24(14)31-25(15)23)18-13-27-10-9-16(18)26-28-11-12-29(19)26/h3*1-13H. The monoisotopic (exact) mass is 1200 g/mol. The van der Waals surface area contributed by atoms with Gasteiger partial charge >= 0.3 is 0 Å². The van der Waals surface area contributed by atoms with E-state index in [0.29, 0.717) is 0 Å². The summed E-state index contributed by atoms with van der Waals surface area (Å²) in [5.41, 5.74) is 15.9. The first-order valence-electron chi connectivity index (χ1n) is 30.5. The molecule has 0 atom stereocenters. The first kappa shape index (κ1) is 48.8. The SMILES string of the molecule is c1ccc2c(c1)oc1c2c2c3ccccc3oc2c2c1c1cnccc1c1nccn12.c1ccc2c(c1)oc1c2c2oc3ccccc3c2c2c1c1cnccc1c1nccn12.c1ccc2c(c1)oc1ccc3c4ccc5c(c6cnccc6c6nccn56)c4oc3c12. The summed E-state index contributed by atoms with van der Waals surface area (Å²) in [4.78, 5) is 27.2. The first-order valence-corrected chi connectivity index (χ1v) is 30.5. The number of para-hydroxylation sites is 5. The van der Waals surface area contributed by atoms with Crippen molar-refractivity contribution < 1.29 is 26.5 Å². The molecule has 0 aliphatic carbocycles. The molecule has 0 aliphatic rings. The van der Waals surface area contributed by atoms with Crippen LogP contribution in [-0.4, -0.2) is 43.1 Å². The molecule has 24 rings (SSSR count). The Morgan fingerprint density at radius 1 is 0.226 bits per heavy atom. The van der Waals surface area contributed by atoms with Crippen LogP contribution in [0.15, 0.2) is 265 Å². The summed E-state index contributed by atoms with van der Waals surface area (Å²) in [7, 11) is 0. The Bertz CT molecular complexity index is 7410. The fourth-order valence-electron chi connectivity index (χ4n) is 15.2. The van der Waals surface area contributed by atoms with Crippen LogP contribution in [0.4, 0.5) is 0 Å². The summed E-state index contributed by atoms with van der Waals surface area (Å²) in [5.74, 6) is 0. The highest BCUT2D eigenvalue weighted by atomic mass is 16.4. The van der Waals surface area contributed by atoms with Crippen molar-refractivity contribution >= 4 is 214 Å². The molecule has 24 aromatic rings. The number of fused-ring (bicyclic) bond motifs is 44. The molecular formula is C78H39N9O6. The van der Waals surface area contributed by atoms with E-state index in [-0.39, 0.29) is 0 Å². The summed E-state index contributed by atoms with van der Waals surface area (Å²) in [5, 5.41) is 22.0. The second kappa shape index (κ2) is 17.8. The fraction of sp³-hybridized carbons (Fsp3) is 0. The Hall–Kier alpha value is -13.1. The van der Waals surface area contributed by atoms with E-state index < -0.39 is 0 Å². The fourth-order valence-corrected chi connectivity index (χ4v) is 15.2. The van der Waals surface area contributed by atoms with Crippen LogP contribution in [0.3, 0.4) is 0 Å². The predicted molar refractivity (Wildman–Crippen MR) is 368 cm³/mol. The van der Waals surface area contributed by atoms with Crippen molar-refractivity contribution in [1.82, 2.24) is 43.1 Å². The molecule has 0 aliphatic heterocycles. The van der Waals surface area contributed by atoms with Gasteiger partial charge in [0.25, 0.3) is 0 Å². The predicted octanol–water partition coefficient (Wildman–Crippen LogP) is 20.5. The molecule has 0 saturated heterocycles. The molecule has 0 bridgehead atoms. The van der Waals surface area contributed by atoms with E-state index in [2.05, 4.69) is 97.7 Å². The van der Waals surface area contributed by atoms with E-state index in [1.54, 1.807) is 6.20 Å². The van der Waals surface area contributed by atoms with E-state index in [1.807, 2.05) is 177 Å². The number of hydrogen-bond acceptors (Lipinski definition) is 12. The smallest absolute Gasteiger partial charge is 0.160 e. The lowest BCUT2D eigenvalue weighted by molar-refractivity contribution is 0.663. The van der Waals surface area contributed by atoms with Crippen molar-refractivity contribution in [1.29, 1.82) is 0 Å². The Labute approximate surface area is 518 Å². The molecule has 432 valence electrons. The summed E-state index contributed by atoms with van der Waals surface area (Å²) in [6.45, 7) is 0. The maximum atomic E-state index is 6.66. The normalized spacial score (nSPS) is 12.5. The highest BCUT2D eigenvalue weighted by Crippen LogP contribution is 2.50. The third-order valence-corrected chi connectivity index (χ3v) is 19.0. The molecule has 0 radical (unpaired) electrons. The number of aromatic nitrogens is 9. The number of benzene rings is 9. The second-order valence-electron chi connectivity index (χ2n) is 23.6. The molecule has 15 heteroatoms. The number of nitrogens with zero attached hydrogens (tertiary/aromatic N) is 9. The van der Waals surface area contributed by atoms with Crippen molar-refractivity contribution in [3.8, 4) is 0 Å². The zero-order chi connectivity index (χ0) is 60.3. The van der Waals surface area contributed by atoms with Gasteiger partial charge in [-0.15, -0.1) is 0 Å². The van der Waals surface area contributed by atoms with Crippen molar-refractivity contribution in [2.75, 3.05) is 0 Å². The van der Waals surface area contributed by atoms with E-state index in [4.69, 9.17) is 26.5 Å². The van der Waals surface area contributed by atoms with Gasteiger partial charge in [0.1, 0.15) is 83.9 Å². The molecule has 93 heavy (non-hydrogen) atoms. The van der Waals surface area contributed by atoms with Crippen molar-refractivity contribution in [2.45, 2.75) is 0 Å². The van der Waals surface area contributed by atoms with Gasteiger partial charge in [0.2, 0.25) is 0 Å². The van der Waals surface area contributed by atoms with Crippen molar-refractivity contribution in [2.24, 2.45) is 0 Å². The van der Waals surface area contributed by atoms with Crippen LogP contribution in [0.2, 0.25) is 0 Å². The first-order chi connectivity index (χ1) is 46.2. The maximum Gasteiger partial charge on any atom is 0.160 e. The van der Waals surface area contributed by atoms with Crippen LogP contribution < -0.4 is 0 Å². The average molecular weight is 1200 g/mol. The Balaban J connectivity index is 0.0000000911. The third-order valence-electron chi connectivity index (χ3n) is 19.0. The number of pyridine rings is 6. The van der Waals surface area contributed by atoms with Gasteiger partial charge in [-0.05, 0) is 72.8 Å². The molecular weight excluding hydrogens is 1160 g/mol. The van der Waals surface area contributed by atoms with Crippen LogP contribution in [-0.2, 0) is 0 Å². The van der Waals surface area contributed by atoms with E-state index in [9.17, 15) is 0 Å². The van der Waals surface area contributed by atoms with E-state index in [0.717, 1.165) is 214 Å². The molecule has 15 aromatic heterocycles. The van der Waals surface area contributed by atoms with Crippen molar-refractivity contribution in [3.05, 3.63) is 238 Å². The van der Waals surface area contributed by atoms with Gasteiger partial charge in [0.15, 0.2) is 5.58 Å². The van der Waals surface area contributed by atoms with Gasteiger partial charge in [-0.2, -0.15) is 0 Å². The van der Waals surface area contributed by atoms with Gasteiger partial charge in [0, 0.05) is 155 Å². The number of rotatable bonds is 0. The van der Waals surface area contributed by atoms with Gasteiger partial charge in [-0.3, -0.25) is 28.2 Å². The quantitative estimate of drug-likeness (QED) is 0.132. The largest absolute Gasteiger partial charge is 0.456 e. The van der Waals surface area contributed by atoms with E-state index >= 15 is 0 Å². The molecule has 0 N–H and O–H groups in total. The lowest BCUT2D eigenvalue weighted by Gasteiger charge is -2.10. The zero-order valence-corrected chi connectivity index (χ0v) is 48.5. The molecule has 0 saturated carbocycles. The number of imidazole rings is 3. The van der Waals surface area contributed by atoms with Crippen LogP contribution in [0.25, 0.3) is 214 Å². The van der Waals surface area contributed by atoms with Crippen molar-refractivity contribution in [3.63, 3.8) is 0 Å². The Kier molecular flexibility index (Phi) is 9.35. The molecule has 0 fully saturated rings. The summed E-state index contributed by atoms with van der Waals surface area (Å²) >= 11 is 0. The molecule has 15 nitrogen and oxygen atoms in total. The van der Waals surface area contributed by atoms with Crippen LogP contribution in [0.1, 0.15) is 0 Å². The summed E-state index contributed by atoms with van der Waals surface area (Å²) in [6.07, 6.45) is 22.6. The van der Waals surface area contributed by atoms with Crippen LogP contribution >= 0.6 is 0 Å². The highest BCUT2D eigenvalue weighted by Gasteiger charge is 2.28. The van der Waals surface area contributed by atoms with Crippen LogP contribution in [0.5, 0.6) is 0 Å². The number of hydrogen-bond donors (Lipinski definition) is 0. The third kappa shape index (κ3) is 6.35. The lowest BCUT2D eigenvalue weighted by Crippen LogP contribution is -1.92. The van der Waals surface area contributed by atoms with Gasteiger partial charge in [-0.25, -0.2) is 15.0 Å². The second-order valence-corrected chi connectivity index (χ2v) is 23.6. The van der Waals surface area contributed by atoms with Gasteiger partial charge in [0.05, 0.1) is 43.4 Å². The highest BCUT2D eigenvalue weighted by molar-refractivity contribution is 6.39. The molecule has 0 amide bonds. The summed E-state index contributed by atoms with van der Waals surface area (Å²) < 4.78 is 45.1. The molecule has 0 spiro atoms. The maximum absolute atomic E-state index is 6.66. The van der Waals surface area contributed by atoms with Gasteiger partial charge in [-0.1, -0.05) is 91.0 Å². The minimum atomic E-state index is 0.816. The zero-order valence-electron chi connectivity index (χ0n) is 48.5. The molecule has 15 heterocycles. The minimum Gasteiger partial charge on any atom is -0.456 e. The van der Waals surface area contributed by atoms with E-state index in [1.165, 1.54) is 0 Å². The lowest BCUT2D eigenvalue weighted by atomic mass is 9.99. The van der Waals surface area contributed by atoms with Gasteiger partial charge < -0.3 is 26.5 Å². The molecule has 0 unspecified atom stereocenters. The van der Waals surface area contributed by atoms with Crippen LogP contribution in [0, 0.1) is 0 Å². The average Bonchev–Trinajstić information content (AvgIpc) is 1.56.